The van der Waals surface area contributed by atoms with E-state index in [1.54, 1.807) is 0 Å². The molecule has 3 heteroatoms. The second-order valence-corrected chi connectivity index (χ2v) is 6.40. The van der Waals surface area contributed by atoms with Crippen LogP contribution in [-0.2, 0) is 6.42 Å². The lowest BCUT2D eigenvalue weighted by molar-refractivity contribution is 0.617. The smallest absolute Gasteiger partial charge is 0.0561 e. The van der Waals surface area contributed by atoms with Crippen molar-refractivity contribution in [3.8, 4) is 0 Å². The van der Waals surface area contributed by atoms with Gasteiger partial charge in [-0.1, -0.05) is 18.2 Å². The van der Waals surface area contributed by atoms with Crippen LogP contribution in [0.4, 0.5) is 17.1 Å². The van der Waals surface area contributed by atoms with Gasteiger partial charge in [-0.2, -0.15) is 0 Å². The number of hydrogen-bond donors (Lipinski definition) is 1. The molecule has 0 aromatic heterocycles. The summed E-state index contributed by atoms with van der Waals surface area (Å²) in [6, 6.07) is 13.4. The third-order valence-corrected chi connectivity index (χ3v) is 4.75. The van der Waals surface area contributed by atoms with Crippen molar-refractivity contribution in [1.82, 2.24) is 0 Å². The van der Waals surface area contributed by atoms with Crippen molar-refractivity contribution in [2.45, 2.75) is 32.7 Å². The normalized spacial score (nSPS) is 17.9. The molecule has 0 saturated carbocycles. The number of nitrogens with zero attached hydrogens (tertiary/aromatic N) is 1. The van der Waals surface area contributed by atoms with Gasteiger partial charge in [0.05, 0.1) is 5.69 Å². The quantitative estimate of drug-likeness (QED) is 0.760. The van der Waals surface area contributed by atoms with Crippen molar-refractivity contribution in [3.63, 3.8) is 0 Å². The third-order valence-electron chi connectivity index (χ3n) is 4.12. The SMILES string of the molecule is Cc1cc(N2c3ccccc3CCC2C)c(Br)cc1N. The van der Waals surface area contributed by atoms with Crippen LogP contribution in [0, 0.1) is 6.92 Å². The monoisotopic (exact) mass is 330 g/mol. The van der Waals surface area contributed by atoms with Crippen molar-refractivity contribution in [2.75, 3.05) is 10.6 Å². The van der Waals surface area contributed by atoms with Gasteiger partial charge in [-0.15, -0.1) is 0 Å². The van der Waals surface area contributed by atoms with E-state index in [1.165, 1.54) is 23.4 Å². The Bertz CT molecular complexity index is 651. The van der Waals surface area contributed by atoms with Gasteiger partial charge in [0, 0.05) is 21.9 Å². The third kappa shape index (κ3) is 2.20. The lowest BCUT2D eigenvalue weighted by atomic mass is 9.95. The highest BCUT2D eigenvalue weighted by Crippen LogP contribution is 2.41. The Balaban J connectivity index is 2.16. The van der Waals surface area contributed by atoms with Gasteiger partial charge in [-0.25, -0.2) is 0 Å². The molecule has 1 heterocycles. The Morgan fingerprint density at radius 3 is 2.75 bits per heavy atom. The van der Waals surface area contributed by atoms with Crippen LogP contribution < -0.4 is 10.6 Å². The second-order valence-electron chi connectivity index (χ2n) is 5.55. The van der Waals surface area contributed by atoms with Crippen LogP contribution in [0.15, 0.2) is 40.9 Å². The zero-order valence-electron chi connectivity index (χ0n) is 11.9. The van der Waals surface area contributed by atoms with Gasteiger partial charge in [0.2, 0.25) is 0 Å². The topological polar surface area (TPSA) is 29.3 Å². The summed E-state index contributed by atoms with van der Waals surface area (Å²) in [4.78, 5) is 2.43. The van der Waals surface area contributed by atoms with Crippen LogP contribution in [0.2, 0.25) is 0 Å². The van der Waals surface area contributed by atoms with Crippen LogP contribution in [0.1, 0.15) is 24.5 Å². The number of anilines is 3. The Labute approximate surface area is 128 Å². The second kappa shape index (κ2) is 5.13. The van der Waals surface area contributed by atoms with Crippen molar-refractivity contribution >= 4 is 33.0 Å². The number of aryl methyl sites for hydroxylation is 2. The minimum Gasteiger partial charge on any atom is -0.398 e. The predicted molar refractivity (Wildman–Crippen MR) is 89.7 cm³/mol. The fourth-order valence-electron chi connectivity index (χ4n) is 2.92. The Hall–Kier alpha value is -1.48. The van der Waals surface area contributed by atoms with Gasteiger partial charge >= 0.3 is 0 Å². The maximum atomic E-state index is 6.00. The highest BCUT2D eigenvalue weighted by atomic mass is 79.9. The van der Waals surface area contributed by atoms with E-state index in [2.05, 4.69) is 65.0 Å². The molecule has 104 valence electrons. The molecule has 0 saturated heterocycles. The first-order chi connectivity index (χ1) is 9.58. The lowest BCUT2D eigenvalue weighted by Gasteiger charge is -2.38. The molecule has 2 aromatic carbocycles. The zero-order chi connectivity index (χ0) is 14.3. The fourth-order valence-corrected chi connectivity index (χ4v) is 3.47. The van der Waals surface area contributed by atoms with Gasteiger partial charge in [-0.3, -0.25) is 0 Å². The minimum atomic E-state index is 0.490. The molecule has 1 aliphatic heterocycles. The van der Waals surface area contributed by atoms with E-state index in [1.807, 2.05) is 6.07 Å². The average Bonchev–Trinajstić information content (AvgIpc) is 2.43. The first kappa shape index (κ1) is 13.5. The predicted octanol–water partition coefficient (Wildman–Crippen LogP) is 4.81. The lowest BCUT2D eigenvalue weighted by Crippen LogP contribution is -2.33. The highest BCUT2D eigenvalue weighted by molar-refractivity contribution is 9.10. The summed E-state index contributed by atoms with van der Waals surface area (Å²) in [6.45, 7) is 4.35. The molecule has 1 unspecified atom stereocenters. The molecule has 3 rings (SSSR count). The van der Waals surface area contributed by atoms with Gasteiger partial charge in [0.15, 0.2) is 0 Å². The van der Waals surface area contributed by atoms with E-state index < -0.39 is 0 Å². The molecule has 20 heavy (non-hydrogen) atoms. The van der Waals surface area contributed by atoms with Crippen LogP contribution in [0.3, 0.4) is 0 Å². The van der Waals surface area contributed by atoms with Gasteiger partial charge < -0.3 is 10.6 Å². The summed E-state index contributed by atoms with van der Waals surface area (Å²) in [5.41, 5.74) is 11.9. The number of nitrogen functional groups attached to an aromatic ring is 1. The van der Waals surface area contributed by atoms with Gasteiger partial charge in [-0.05, 0) is 71.9 Å². The molecule has 0 fully saturated rings. The van der Waals surface area contributed by atoms with Crippen molar-refractivity contribution in [2.24, 2.45) is 0 Å². The van der Waals surface area contributed by atoms with Gasteiger partial charge in [0.1, 0.15) is 0 Å². The fraction of sp³-hybridized carbons (Fsp3) is 0.294. The number of rotatable bonds is 1. The first-order valence-electron chi connectivity index (χ1n) is 7.00. The molecule has 2 nitrogen and oxygen atoms in total. The van der Waals surface area contributed by atoms with Gasteiger partial charge in [0.25, 0.3) is 0 Å². The molecule has 0 amide bonds. The summed E-state index contributed by atoms with van der Waals surface area (Å²) >= 11 is 3.67. The van der Waals surface area contributed by atoms with Crippen molar-refractivity contribution in [3.05, 3.63) is 52.0 Å². The number of hydrogen-bond acceptors (Lipinski definition) is 2. The van der Waals surface area contributed by atoms with E-state index in [0.717, 1.165) is 22.1 Å². The van der Waals surface area contributed by atoms with Crippen LogP contribution in [0.5, 0.6) is 0 Å². The number of para-hydroxylation sites is 1. The molecule has 2 N–H and O–H groups in total. The van der Waals surface area contributed by atoms with Crippen molar-refractivity contribution < 1.29 is 0 Å². The average molecular weight is 331 g/mol. The molecular formula is C17H19BrN2. The van der Waals surface area contributed by atoms with E-state index in [0.29, 0.717) is 6.04 Å². The van der Waals surface area contributed by atoms with E-state index in [9.17, 15) is 0 Å². The molecular weight excluding hydrogens is 312 g/mol. The molecule has 2 aromatic rings. The van der Waals surface area contributed by atoms with E-state index in [-0.39, 0.29) is 0 Å². The number of benzene rings is 2. The Morgan fingerprint density at radius 1 is 1.20 bits per heavy atom. The largest absolute Gasteiger partial charge is 0.398 e. The summed E-state index contributed by atoms with van der Waals surface area (Å²) in [5.74, 6) is 0. The molecule has 0 spiro atoms. The summed E-state index contributed by atoms with van der Waals surface area (Å²) < 4.78 is 1.06. The standard InChI is InChI=1S/C17H19BrN2/c1-11-9-17(14(18)10-15(11)19)20-12(2)7-8-13-5-3-4-6-16(13)20/h3-6,9-10,12H,7-8,19H2,1-2H3. The summed E-state index contributed by atoms with van der Waals surface area (Å²) in [6.07, 6.45) is 2.33. The molecule has 0 bridgehead atoms. The minimum absolute atomic E-state index is 0.490. The zero-order valence-corrected chi connectivity index (χ0v) is 13.4. The summed E-state index contributed by atoms with van der Waals surface area (Å²) in [7, 11) is 0. The molecule has 1 atom stereocenters. The molecule has 0 radical (unpaired) electrons. The Kier molecular flexibility index (Phi) is 3.47. The molecule has 0 aliphatic carbocycles. The number of halogens is 1. The van der Waals surface area contributed by atoms with E-state index >= 15 is 0 Å². The number of fused-ring (bicyclic) bond motifs is 1. The van der Waals surface area contributed by atoms with Crippen molar-refractivity contribution in [1.29, 1.82) is 0 Å². The summed E-state index contributed by atoms with van der Waals surface area (Å²) in [5, 5.41) is 0. The van der Waals surface area contributed by atoms with E-state index in [4.69, 9.17) is 5.73 Å². The first-order valence-corrected chi connectivity index (χ1v) is 7.80. The highest BCUT2D eigenvalue weighted by Gasteiger charge is 2.25. The van der Waals surface area contributed by atoms with Crippen LogP contribution >= 0.6 is 15.9 Å². The molecule has 1 aliphatic rings. The Morgan fingerprint density at radius 2 is 1.95 bits per heavy atom. The van der Waals surface area contributed by atoms with Crippen LogP contribution in [-0.4, -0.2) is 6.04 Å². The number of nitrogens with two attached hydrogens (primary N) is 1. The maximum Gasteiger partial charge on any atom is 0.0561 e. The maximum absolute atomic E-state index is 6.00. The van der Waals surface area contributed by atoms with Crippen LogP contribution in [0.25, 0.3) is 0 Å².